The summed E-state index contributed by atoms with van der Waals surface area (Å²) in [4.78, 5) is 8.21. The quantitative estimate of drug-likeness (QED) is 0.763. The molecule has 66 valence electrons. The summed E-state index contributed by atoms with van der Waals surface area (Å²) in [5.41, 5.74) is 2.08. The highest BCUT2D eigenvalue weighted by atomic mass is 79.9. The molecular formula is C9H8BrN3. The molecular weight excluding hydrogens is 230 g/mol. The van der Waals surface area contributed by atoms with Crippen LogP contribution in [0.2, 0.25) is 0 Å². The van der Waals surface area contributed by atoms with Crippen LogP contribution in [0.15, 0.2) is 35.5 Å². The second kappa shape index (κ2) is 3.30. The molecule has 0 amide bonds. The molecule has 13 heavy (non-hydrogen) atoms. The van der Waals surface area contributed by atoms with Gasteiger partial charge in [-0.05, 0) is 35.0 Å². The topological polar surface area (TPSA) is 30.7 Å². The first kappa shape index (κ1) is 8.44. The van der Waals surface area contributed by atoms with E-state index in [0.29, 0.717) is 0 Å². The van der Waals surface area contributed by atoms with Gasteiger partial charge in [0.05, 0.1) is 0 Å². The number of hydrogen-bond acceptors (Lipinski definition) is 2. The van der Waals surface area contributed by atoms with Crippen LogP contribution in [0.1, 0.15) is 5.69 Å². The minimum Gasteiger partial charge on any atom is -0.305 e. The van der Waals surface area contributed by atoms with Crippen molar-refractivity contribution in [1.29, 1.82) is 0 Å². The summed E-state index contributed by atoms with van der Waals surface area (Å²) in [6, 6.07) is 3.95. The first-order valence-electron chi connectivity index (χ1n) is 3.88. The largest absolute Gasteiger partial charge is 0.305 e. The van der Waals surface area contributed by atoms with Crippen molar-refractivity contribution in [2.75, 3.05) is 0 Å². The van der Waals surface area contributed by atoms with Crippen molar-refractivity contribution < 1.29 is 0 Å². The van der Waals surface area contributed by atoms with Crippen LogP contribution in [0.3, 0.4) is 0 Å². The van der Waals surface area contributed by atoms with Gasteiger partial charge in [0.15, 0.2) is 0 Å². The third-order valence-electron chi connectivity index (χ3n) is 1.73. The van der Waals surface area contributed by atoms with Gasteiger partial charge in [0, 0.05) is 23.8 Å². The summed E-state index contributed by atoms with van der Waals surface area (Å²) in [6.07, 6.45) is 5.46. The van der Waals surface area contributed by atoms with Crippen LogP contribution in [0.4, 0.5) is 0 Å². The second-order valence-corrected chi connectivity index (χ2v) is 3.57. The third kappa shape index (κ3) is 1.78. The highest BCUT2D eigenvalue weighted by Gasteiger charge is 1.97. The van der Waals surface area contributed by atoms with Crippen molar-refractivity contribution in [3.8, 4) is 5.69 Å². The van der Waals surface area contributed by atoms with Gasteiger partial charge in [0.25, 0.3) is 0 Å². The van der Waals surface area contributed by atoms with Crippen LogP contribution in [0.5, 0.6) is 0 Å². The smallest absolute Gasteiger partial charge is 0.124 e. The lowest BCUT2D eigenvalue weighted by molar-refractivity contribution is 1.03. The summed E-state index contributed by atoms with van der Waals surface area (Å²) in [6.45, 7) is 1.97. The molecule has 0 atom stereocenters. The predicted molar refractivity (Wildman–Crippen MR) is 53.8 cm³/mol. The van der Waals surface area contributed by atoms with Crippen molar-refractivity contribution in [3.05, 3.63) is 41.2 Å². The van der Waals surface area contributed by atoms with Gasteiger partial charge in [-0.3, -0.25) is 4.98 Å². The van der Waals surface area contributed by atoms with Crippen LogP contribution in [0, 0.1) is 6.92 Å². The molecule has 0 radical (unpaired) electrons. The summed E-state index contributed by atoms with van der Waals surface area (Å²) < 4.78 is 2.78. The van der Waals surface area contributed by atoms with Crippen molar-refractivity contribution in [2.45, 2.75) is 6.92 Å². The lowest BCUT2D eigenvalue weighted by Gasteiger charge is -2.00. The number of rotatable bonds is 1. The van der Waals surface area contributed by atoms with Crippen molar-refractivity contribution in [2.24, 2.45) is 0 Å². The van der Waals surface area contributed by atoms with Crippen molar-refractivity contribution >= 4 is 15.9 Å². The molecule has 0 saturated heterocycles. The van der Waals surface area contributed by atoms with E-state index in [9.17, 15) is 0 Å². The first-order valence-corrected chi connectivity index (χ1v) is 4.67. The number of aryl methyl sites for hydroxylation is 1. The standard InChI is InChI=1S/C9H8BrN3/c1-7-4-8(2-3-11-7)13-5-9(10)12-6-13/h2-6H,1H3. The highest BCUT2D eigenvalue weighted by Crippen LogP contribution is 2.11. The van der Waals surface area contributed by atoms with Gasteiger partial charge in [0.2, 0.25) is 0 Å². The monoisotopic (exact) mass is 237 g/mol. The second-order valence-electron chi connectivity index (χ2n) is 2.76. The Morgan fingerprint density at radius 3 is 2.85 bits per heavy atom. The predicted octanol–water partition coefficient (Wildman–Crippen LogP) is 2.34. The fraction of sp³-hybridized carbons (Fsp3) is 0.111. The van der Waals surface area contributed by atoms with Gasteiger partial charge in [-0.1, -0.05) is 0 Å². The van der Waals surface area contributed by atoms with E-state index in [2.05, 4.69) is 25.9 Å². The Hall–Kier alpha value is -1.16. The molecule has 2 heterocycles. The average molecular weight is 238 g/mol. The average Bonchev–Trinajstić information content (AvgIpc) is 2.52. The maximum atomic E-state index is 4.13. The summed E-state index contributed by atoms with van der Waals surface area (Å²) in [5, 5.41) is 0. The normalized spacial score (nSPS) is 10.3. The van der Waals surface area contributed by atoms with Crippen LogP contribution >= 0.6 is 15.9 Å². The maximum absolute atomic E-state index is 4.13. The zero-order valence-electron chi connectivity index (χ0n) is 7.11. The van der Waals surface area contributed by atoms with Crippen LogP contribution in [-0.4, -0.2) is 14.5 Å². The minimum atomic E-state index is 0.835. The van der Waals surface area contributed by atoms with Crippen molar-refractivity contribution in [1.82, 2.24) is 14.5 Å². The Bertz CT molecular complexity index is 422. The lowest BCUT2D eigenvalue weighted by atomic mass is 10.3. The zero-order valence-corrected chi connectivity index (χ0v) is 8.69. The molecule has 0 aliphatic heterocycles. The van der Waals surface area contributed by atoms with Gasteiger partial charge in [-0.25, -0.2) is 4.98 Å². The molecule has 0 spiro atoms. The van der Waals surface area contributed by atoms with E-state index in [4.69, 9.17) is 0 Å². The van der Waals surface area contributed by atoms with E-state index in [-0.39, 0.29) is 0 Å². The lowest BCUT2D eigenvalue weighted by Crippen LogP contribution is -1.91. The van der Waals surface area contributed by atoms with Gasteiger partial charge in [-0.15, -0.1) is 0 Å². The van der Waals surface area contributed by atoms with E-state index >= 15 is 0 Å². The molecule has 2 aromatic rings. The number of pyridine rings is 1. The molecule has 0 fully saturated rings. The number of imidazole rings is 1. The summed E-state index contributed by atoms with van der Waals surface area (Å²) in [5.74, 6) is 0. The van der Waals surface area contributed by atoms with E-state index < -0.39 is 0 Å². The molecule has 2 rings (SSSR count). The molecule has 3 nitrogen and oxygen atoms in total. The highest BCUT2D eigenvalue weighted by molar-refractivity contribution is 9.10. The van der Waals surface area contributed by atoms with Crippen LogP contribution in [-0.2, 0) is 0 Å². The Kier molecular flexibility index (Phi) is 2.14. The molecule has 2 aromatic heterocycles. The molecule has 0 saturated carbocycles. The number of hydrogen-bond donors (Lipinski definition) is 0. The molecule has 0 N–H and O–H groups in total. The molecule has 0 unspecified atom stereocenters. The third-order valence-corrected chi connectivity index (χ3v) is 2.14. The Morgan fingerprint density at radius 1 is 1.38 bits per heavy atom. The van der Waals surface area contributed by atoms with Crippen molar-refractivity contribution in [3.63, 3.8) is 0 Å². The fourth-order valence-electron chi connectivity index (χ4n) is 1.13. The van der Waals surface area contributed by atoms with E-state index in [1.807, 2.05) is 29.8 Å². The van der Waals surface area contributed by atoms with E-state index in [0.717, 1.165) is 16.0 Å². The Balaban J connectivity index is 2.46. The van der Waals surface area contributed by atoms with Gasteiger partial charge < -0.3 is 4.57 Å². The minimum absolute atomic E-state index is 0.835. The molecule has 0 bridgehead atoms. The van der Waals surface area contributed by atoms with Crippen LogP contribution in [0.25, 0.3) is 5.69 Å². The molecule has 4 heteroatoms. The number of aromatic nitrogens is 3. The molecule has 0 aliphatic rings. The van der Waals surface area contributed by atoms with Gasteiger partial charge in [-0.2, -0.15) is 0 Å². The number of nitrogens with zero attached hydrogens (tertiary/aromatic N) is 3. The summed E-state index contributed by atoms with van der Waals surface area (Å²) in [7, 11) is 0. The SMILES string of the molecule is Cc1cc(-n2cnc(Br)c2)ccn1. The van der Waals surface area contributed by atoms with Gasteiger partial charge >= 0.3 is 0 Å². The fourth-order valence-corrected chi connectivity index (χ4v) is 1.44. The zero-order chi connectivity index (χ0) is 9.26. The molecule has 0 aromatic carbocycles. The Labute approximate surface area is 84.6 Å². The van der Waals surface area contributed by atoms with Crippen LogP contribution < -0.4 is 0 Å². The number of halogens is 1. The summed E-state index contributed by atoms with van der Waals surface area (Å²) >= 11 is 3.30. The maximum Gasteiger partial charge on any atom is 0.124 e. The van der Waals surface area contributed by atoms with E-state index in [1.165, 1.54) is 0 Å². The molecule has 0 aliphatic carbocycles. The van der Waals surface area contributed by atoms with Gasteiger partial charge in [0.1, 0.15) is 10.9 Å². The Morgan fingerprint density at radius 2 is 2.23 bits per heavy atom. The van der Waals surface area contributed by atoms with E-state index in [1.54, 1.807) is 12.5 Å². The first-order chi connectivity index (χ1) is 6.25.